The van der Waals surface area contributed by atoms with Crippen LogP contribution >= 0.6 is 24.8 Å². The Labute approximate surface area is 150 Å². The third-order valence-electron chi connectivity index (χ3n) is 4.24. The molecule has 0 amide bonds. The SMILES string of the molecule is CN(CCc1ccccc1)c1cc(C2CC(N)C2)ncn1.Cl.Cl. The van der Waals surface area contributed by atoms with Crippen LogP contribution in [0.5, 0.6) is 0 Å². The minimum Gasteiger partial charge on any atom is -0.359 e. The van der Waals surface area contributed by atoms with Gasteiger partial charge in [0.15, 0.2) is 0 Å². The van der Waals surface area contributed by atoms with Crippen molar-refractivity contribution in [2.24, 2.45) is 5.73 Å². The van der Waals surface area contributed by atoms with Crippen LogP contribution in [0.4, 0.5) is 5.82 Å². The first-order chi connectivity index (χ1) is 10.2. The zero-order valence-corrected chi connectivity index (χ0v) is 14.9. The molecule has 23 heavy (non-hydrogen) atoms. The molecule has 1 aliphatic carbocycles. The van der Waals surface area contributed by atoms with Crippen LogP contribution in [0.1, 0.15) is 30.0 Å². The van der Waals surface area contributed by atoms with E-state index in [0.717, 1.165) is 37.3 Å². The normalized spacial score (nSPS) is 19.0. The fourth-order valence-corrected chi connectivity index (χ4v) is 2.75. The molecule has 4 nitrogen and oxygen atoms in total. The maximum absolute atomic E-state index is 5.86. The number of rotatable bonds is 5. The Hall–Kier alpha value is -1.36. The molecule has 0 radical (unpaired) electrons. The lowest BCUT2D eigenvalue weighted by Crippen LogP contribution is -2.35. The molecule has 1 aromatic heterocycles. The largest absolute Gasteiger partial charge is 0.359 e. The number of aromatic nitrogens is 2. The van der Waals surface area contributed by atoms with E-state index in [4.69, 9.17) is 5.73 Å². The lowest BCUT2D eigenvalue weighted by molar-refractivity contribution is 0.345. The average Bonchev–Trinajstić information content (AvgIpc) is 2.50. The summed E-state index contributed by atoms with van der Waals surface area (Å²) in [5.74, 6) is 1.51. The predicted octanol–water partition coefficient (Wildman–Crippen LogP) is 3.20. The number of hydrogen-bond donors (Lipinski definition) is 1. The molecule has 0 saturated heterocycles. The number of benzene rings is 1. The molecular weight excluding hydrogens is 331 g/mol. The second kappa shape index (κ2) is 9.06. The average molecular weight is 355 g/mol. The molecule has 2 N–H and O–H groups in total. The van der Waals surface area contributed by atoms with Crippen LogP contribution < -0.4 is 10.6 Å². The Morgan fingerprint density at radius 2 is 1.83 bits per heavy atom. The first-order valence-corrected chi connectivity index (χ1v) is 7.55. The monoisotopic (exact) mass is 354 g/mol. The van der Waals surface area contributed by atoms with E-state index in [1.165, 1.54) is 5.56 Å². The summed E-state index contributed by atoms with van der Waals surface area (Å²) in [6.07, 6.45) is 4.78. The Morgan fingerprint density at radius 1 is 1.13 bits per heavy atom. The second-order valence-corrected chi connectivity index (χ2v) is 5.89. The molecule has 1 heterocycles. The van der Waals surface area contributed by atoms with E-state index in [2.05, 4.69) is 52.2 Å². The Kier molecular flexibility index (Phi) is 7.76. The summed E-state index contributed by atoms with van der Waals surface area (Å²) in [6.45, 7) is 0.949. The van der Waals surface area contributed by atoms with Crippen LogP contribution in [0, 0.1) is 0 Å². The van der Waals surface area contributed by atoms with Gasteiger partial charge >= 0.3 is 0 Å². The van der Waals surface area contributed by atoms with Crippen molar-refractivity contribution in [1.82, 2.24) is 9.97 Å². The standard InChI is InChI=1S/C17H22N4.2ClH/c1-21(8-7-13-5-3-2-4-6-13)17-11-16(19-12-20-17)14-9-15(18)10-14;;/h2-6,11-12,14-15H,7-10,18H2,1H3;2*1H. The van der Waals surface area contributed by atoms with E-state index >= 15 is 0 Å². The van der Waals surface area contributed by atoms with Crippen LogP contribution in [0.3, 0.4) is 0 Å². The van der Waals surface area contributed by atoms with Gasteiger partial charge in [0.2, 0.25) is 0 Å². The molecule has 0 atom stereocenters. The Morgan fingerprint density at radius 3 is 2.48 bits per heavy atom. The quantitative estimate of drug-likeness (QED) is 0.895. The number of likely N-dealkylation sites (N-methyl/N-ethyl adjacent to an activating group) is 1. The molecule has 126 valence electrons. The molecule has 0 bridgehead atoms. The maximum atomic E-state index is 5.86. The van der Waals surface area contributed by atoms with Gasteiger partial charge in [0, 0.05) is 37.3 Å². The van der Waals surface area contributed by atoms with E-state index < -0.39 is 0 Å². The zero-order chi connectivity index (χ0) is 14.7. The van der Waals surface area contributed by atoms with Gasteiger partial charge in [-0.15, -0.1) is 24.8 Å². The van der Waals surface area contributed by atoms with Crippen molar-refractivity contribution in [1.29, 1.82) is 0 Å². The summed E-state index contributed by atoms with van der Waals surface area (Å²) < 4.78 is 0. The van der Waals surface area contributed by atoms with E-state index in [0.29, 0.717) is 12.0 Å². The van der Waals surface area contributed by atoms with Gasteiger partial charge in [-0.3, -0.25) is 0 Å². The topological polar surface area (TPSA) is 55.0 Å². The van der Waals surface area contributed by atoms with Crippen LogP contribution in [-0.4, -0.2) is 29.6 Å². The summed E-state index contributed by atoms with van der Waals surface area (Å²) in [5.41, 5.74) is 8.35. The van der Waals surface area contributed by atoms with E-state index in [1.807, 2.05) is 6.07 Å². The third-order valence-corrected chi connectivity index (χ3v) is 4.24. The minimum absolute atomic E-state index is 0. The highest BCUT2D eigenvalue weighted by Crippen LogP contribution is 2.35. The molecular formula is C17H24Cl2N4. The molecule has 0 unspecified atom stereocenters. The predicted molar refractivity (Wildman–Crippen MR) is 99.9 cm³/mol. The van der Waals surface area contributed by atoms with Crippen molar-refractivity contribution in [3.8, 4) is 0 Å². The lowest BCUT2D eigenvalue weighted by atomic mass is 9.78. The first kappa shape index (κ1) is 19.7. The fraction of sp³-hybridized carbons (Fsp3) is 0.412. The van der Waals surface area contributed by atoms with Gasteiger partial charge < -0.3 is 10.6 Å². The lowest BCUT2D eigenvalue weighted by Gasteiger charge is -2.32. The van der Waals surface area contributed by atoms with Crippen molar-refractivity contribution in [3.63, 3.8) is 0 Å². The van der Waals surface area contributed by atoms with Crippen LogP contribution in [0.2, 0.25) is 0 Å². The van der Waals surface area contributed by atoms with Crippen molar-refractivity contribution in [2.75, 3.05) is 18.5 Å². The highest BCUT2D eigenvalue weighted by Gasteiger charge is 2.28. The van der Waals surface area contributed by atoms with E-state index in [-0.39, 0.29) is 24.8 Å². The summed E-state index contributed by atoms with van der Waals surface area (Å²) in [6, 6.07) is 13.0. The first-order valence-electron chi connectivity index (χ1n) is 7.55. The van der Waals surface area contributed by atoms with E-state index in [9.17, 15) is 0 Å². The molecule has 3 rings (SSSR count). The number of anilines is 1. The molecule has 0 aliphatic heterocycles. The van der Waals surface area contributed by atoms with Gasteiger partial charge in [0.25, 0.3) is 0 Å². The summed E-state index contributed by atoms with van der Waals surface area (Å²) in [5, 5.41) is 0. The third kappa shape index (κ3) is 5.06. The summed E-state index contributed by atoms with van der Waals surface area (Å²) in [4.78, 5) is 11.0. The van der Waals surface area contributed by atoms with Crippen LogP contribution in [0.25, 0.3) is 0 Å². The highest BCUT2D eigenvalue weighted by molar-refractivity contribution is 5.85. The zero-order valence-electron chi connectivity index (χ0n) is 13.3. The molecule has 6 heteroatoms. The van der Waals surface area contributed by atoms with E-state index in [1.54, 1.807) is 6.33 Å². The van der Waals surface area contributed by atoms with Crippen molar-refractivity contribution < 1.29 is 0 Å². The fourth-order valence-electron chi connectivity index (χ4n) is 2.75. The number of hydrogen-bond acceptors (Lipinski definition) is 4. The minimum atomic E-state index is 0. The van der Waals surface area contributed by atoms with Crippen LogP contribution in [0.15, 0.2) is 42.7 Å². The number of nitrogens with two attached hydrogens (primary N) is 1. The van der Waals surface area contributed by atoms with Crippen molar-refractivity contribution in [2.45, 2.75) is 31.2 Å². The Bertz CT molecular complexity index is 588. The molecule has 0 spiro atoms. The summed E-state index contributed by atoms with van der Waals surface area (Å²) in [7, 11) is 2.08. The van der Waals surface area contributed by atoms with Crippen molar-refractivity contribution >= 4 is 30.6 Å². The summed E-state index contributed by atoms with van der Waals surface area (Å²) >= 11 is 0. The smallest absolute Gasteiger partial charge is 0.131 e. The Balaban J connectivity index is 0.00000132. The maximum Gasteiger partial charge on any atom is 0.131 e. The molecule has 1 aromatic carbocycles. The van der Waals surface area contributed by atoms with Gasteiger partial charge in [-0.25, -0.2) is 9.97 Å². The molecule has 1 fully saturated rings. The van der Waals surface area contributed by atoms with Crippen LogP contribution in [-0.2, 0) is 6.42 Å². The molecule has 1 aliphatic rings. The van der Waals surface area contributed by atoms with Gasteiger partial charge in [-0.2, -0.15) is 0 Å². The second-order valence-electron chi connectivity index (χ2n) is 5.89. The van der Waals surface area contributed by atoms with Gasteiger partial charge in [-0.05, 0) is 24.8 Å². The molecule has 1 saturated carbocycles. The van der Waals surface area contributed by atoms with Gasteiger partial charge in [-0.1, -0.05) is 30.3 Å². The van der Waals surface area contributed by atoms with Crippen molar-refractivity contribution in [3.05, 3.63) is 54.0 Å². The number of nitrogens with zero attached hydrogens (tertiary/aromatic N) is 3. The van der Waals surface area contributed by atoms with Gasteiger partial charge in [0.1, 0.15) is 12.1 Å². The highest BCUT2D eigenvalue weighted by atomic mass is 35.5. The molecule has 2 aromatic rings. The van der Waals surface area contributed by atoms with Gasteiger partial charge in [0.05, 0.1) is 0 Å². The number of halogens is 2.